The zero-order valence-corrected chi connectivity index (χ0v) is 8.66. The number of amides is 1. The molecule has 1 fully saturated rings. The largest absolute Gasteiger partial charge is 0.394 e. The van der Waals surface area contributed by atoms with E-state index in [0.29, 0.717) is 5.92 Å². The van der Waals surface area contributed by atoms with Crippen LogP contribution in [-0.4, -0.2) is 35.6 Å². The third kappa shape index (κ3) is 2.44. The lowest BCUT2D eigenvalue weighted by Crippen LogP contribution is -2.40. The molecule has 1 rings (SSSR count). The summed E-state index contributed by atoms with van der Waals surface area (Å²) in [5.41, 5.74) is 0. The monoisotopic (exact) mass is 185 g/mol. The van der Waals surface area contributed by atoms with Crippen LogP contribution in [0.5, 0.6) is 0 Å². The van der Waals surface area contributed by atoms with E-state index in [4.69, 9.17) is 5.11 Å². The van der Waals surface area contributed by atoms with Crippen molar-refractivity contribution in [3.8, 4) is 0 Å². The fraction of sp³-hybridized carbons (Fsp3) is 0.900. The first-order chi connectivity index (χ1) is 6.07. The van der Waals surface area contributed by atoms with Gasteiger partial charge in [0.05, 0.1) is 12.6 Å². The minimum Gasteiger partial charge on any atom is -0.394 e. The van der Waals surface area contributed by atoms with Crippen molar-refractivity contribution in [1.29, 1.82) is 0 Å². The van der Waals surface area contributed by atoms with Crippen molar-refractivity contribution in [1.82, 2.24) is 4.90 Å². The van der Waals surface area contributed by atoms with E-state index in [0.717, 1.165) is 0 Å². The van der Waals surface area contributed by atoms with Crippen molar-refractivity contribution < 1.29 is 9.90 Å². The number of hydrogen-bond acceptors (Lipinski definition) is 2. The smallest absolute Gasteiger partial charge is 0.225 e. The molecular weight excluding hydrogens is 166 g/mol. The average Bonchev–Trinajstić information content (AvgIpc) is 2.96. The molecule has 1 amide bonds. The molecule has 1 aliphatic rings. The normalized spacial score (nSPS) is 20.9. The molecule has 2 atom stereocenters. The topological polar surface area (TPSA) is 40.5 Å². The van der Waals surface area contributed by atoms with Gasteiger partial charge in [0.1, 0.15) is 0 Å². The first kappa shape index (κ1) is 10.5. The predicted octanol–water partition coefficient (Wildman–Crippen LogP) is 0.872. The summed E-state index contributed by atoms with van der Waals surface area (Å²) in [5.74, 6) is 0.906. The molecule has 0 spiro atoms. The highest BCUT2D eigenvalue weighted by Gasteiger charge is 2.34. The average molecular weight is 185 g/mol. The molecule has 0 heterocycles. The number of likely N-dealkylation sites (N-methyl/N-ethyl adjacent to an activating group) is 1. The van der Waals surface area contributed by atoms with E-state index in [-0.39, 0.29) is 24.5 Å². The second-order valence-electron chi connectivity index (χ2n) is 4.11. The van der Waals surface area contributed by atoms with Crippen LogP contribution < -0.4 is 0 Å². The summed E-state index contributed by atoms with van der Waals surface area (Å²) in [6, 6.07) is -0.0614. The molecule has 3 heteroatoms. The highest BCUT2D eigenvalue weighted by Crippen LogP contribution is 2.37. The van der Waals surface area contributed by atoms with Gasteiger partial charge in [0.2, 0.25) is 5.91 Å². The lowest BCUT2D eigenvalue weighted by Gasteiger charge is -2.26. The van der Waals surface area contributed by atoms with E-state index in [2.05, 4.69) is 0 Å². The van der Waals surface area contributed by atoms with Gasteiger partial charge in [0.15, 0.2) is 0 Å². The summed E-state index contributed by atoms with van der Waals surface area (Å²) in [6.45, 7) is 3.89. The highest BCUT2D eigenvalue weighted by atomic mass is 16.3. The van der Waals surface area contributed by atoms with Gasteiger partial charge >= 0.3 is 0 Å². The van der Waals surface area contributed by atoms with Crippen LogP contribution in [-0.2, 0) is 4.79 Å². The Kier molecular flexibility index (Phi) is 3.31. The van der Waals surface area contributed by atoms with Crippen LogP contribution in [0.1, 0.15) is 26.7 Å². The predicted molar refractivity (Wildman–Crippen MR) is 51.2 cm³/mol. The van der Waals surface area contributed by atoms with Gasteiger partial charge in [-0.05, 0) is 25.7 Å². The molecule has 1 saturated carbocycles. The van der Waals surface area contributed by atoms with Crippen molar-refractivity contribution in [3.05, 3.63) is 0 Å². The first-order valence-corrected chi connectivity index (χ1v) is 4.95. The standard InChI is InChI=1S/C10H19NO2/c1-7(6-12)11(3)10(13)8(2)9-4-5-9/h7-9,12H,4-6H2,1-3H3. The maximum atomic E-state index is 11.7. The summed E-state index contributed by atoms with van der Waals surface area (Å²) >= 11 is 0. The van der Waals surface area contributed by atoms with Gasteiger partial charge < -0.3 is 10.0 Å². The summed E-state index contributed by atoms with van der Waals surface area (Å²) in [4.78, 5) is 13.4. The Labute approximate surface area is 79.7 Å². The third-order valence-corrected chi connectivity index (χ3v) is 2.99. The molecule has 1 aliphatic carbocycles. The zero-order valence-electron chi connectivity index (χ0n) is 8.66. The SMILES string of the molecule is CC(C(=O)N(C)C(C)CO)C1CC1. The number of aliphatic hydroxyl groups excluding tert-OH is 1. The number of carbonyl (C=O) groups is 1. The Balaban J connectivity index is 2.44. The van der Waals surface area contributed by atoms with Crippen LogP contribution >= 0.6 is 0 Å². The summed E-state index contributed by atoms with van der Waals surface area (Å²) in [7, 11) is 1.77. The Hall–Kier alpha value is -0.570. The highest BCUT2D eigenvalue weighted by molar-refractivity contribution is 5.79. The van der Waals surface area contributed by atoms with Gasteiger partial charge in [-0.3, -0.25) is 4.79 Å². The second-order valence-corrected chi connectivity index (χ2v) is 4.11. The van der Waals surface area contributed by atoms with Gasteiger partial charge in [0.25, 0.3) is 0 Å². The third-order valence-electron chi connectivity index (χ3n) is 2.99. The van der Waals surface area contributed by atoms with Gasteiger partial charge in [-0.2, -0.15) is 0 Å². The summed E-state index contributed by atoms with van der Waals surface area (Å²) in [5, 5.41) is 8.90. The Morgan fingerprint density at radius 1 is 1.54 bits per heavy atom. The van der Waals surface area contributed by atoms with Gasteiger partial charge in [-0.25, -0.2) is 0 Å². The van der Waals surface area contributed by atoms with Crippen molar-refractivity contribution in [3.63, 3.8) is 0 Å². The molecule has 0 aromatic heterocycles. The Morgan fingerprint density at radius 2 is 2.08 bits per heavy atom. The van der Waals surface area contributed by atoms with E-state index in [1.54, 1.807) is 11.9 Å². The lowest BCUT2D eigenvalue weighted by molar-refractivity contribution is -0.136. The minimum atomic E-state index is -0.0614. The zero-order chi connectivity index (χ0) is 10.0. The minimum absolute atomic E-state index is 0.0413. The number of hydrogen-bond donors (Lipinski definition) is 1. The molecule has 3 nitrogen and oxygen atoms in total. The summed E-state index contributed by atoms with van der Waals surface area (Å²) in [6.07, 6.45) is 2.38. The maximum Gasteiger partial charge on any atom is 0.225 e. The molecule has 0 saturated heterocycles. The summed E-state index contributed by atoms with van der Waals surface area (Å²) < 4.78 is 0. The van der Waals surface area contributed by atoms with Crippen LogP contribution in [0.3, 0.4) is 0 Å². The maximum absolute atomic E-state index is 11.7. The number of carbonyl (C=O) groups excluding carboxylic acids is 1. The van der Waals surface area contributed by atoms with E-state index >= 15 is 0 Å². The number of rotatable bonds is 4. The van der Waals surface area contributed by atoms with Gasteiger partial charge in [-0.15, -0.1) is 0 Å². The molecule has 0 aliphatic heterocycles. The lowest BCUT2D eigenvalue weighted by atomic mass is 10.0. The molecule has 0 aromatic carbocycles. The van der Waals surface area contributed by atoms with E-state index < -0.39 is 0 Å². The van der Waals surface area contributed by atoms with Crippen molar-refractivity contribution in [2.24, 2.45) is 11.8 Å². The molecule has 0 radical (unpaired) electrons. The molecule has 1 N–H and O–H groups in total. The molecule has 0 aromatic rings. The molecular formula is C10H19NO2. The van der Waals surface area contributed by atoms with Crippen molar-refractivity contribution >= 4 is 5.91 Å². The number of aliphatic hydroxyl groups is 1. The second kappa shape index (κ2) is 4.09. The van der Waals surface area contributed by atoms with Gasteiger partial charge in [-0.1, -0.05) is 6.92 Å². The van der Waals surface area contributed by atoms with Crippen LogP contribution in [0.2, 0.25) is 0 Å². The molecule has 2 unspecified atom stereocenters. The van der Waals surface area contributed by atoms with Crippen molar-refractivity contribution in [2.75, 3.05) is 13.7 Å². The van der Waals surface area contributed by atoms with Gasteiger partial charge in [0, 0.05) is 13.0 Å². The quantitative estimate of drug-likeness (QED) is 0.706. The molecule has 13 heavy (non-hydrogen) atoms. The first-order valence-electron chi connectivity index (χ1n) is 4.95. The molecule has 0 bridgehead atoms. The van der Waals surface area contributed by atoms with Crippen LogP contribution in [0.25, 0.3) is 0 Å². The molecule has 76 valence electrons. The van der Waals surface area contributed by atoms with Crippen LogP contribution in [0, 0.1) is 11.8 Å². The van der Waals surface area contributed by atoms with E-state index in [9.17, 15) is 4.79 Å². The van der Waals surface area contributed by atoms with Crippen molar-refractivity contribution in [2.45, 2.75) is 32.7 Å². The number of nitrogens with zero attached hydrogens (tertiary/aromatic N) is 1. The van der Waals surface area contributed by atoms with E-state index in [1.807, 2.05) is 13.8 Å². The van der Waals surface area contributed by atoms with Crippen LogP contribution in [0.4, 0.5) is 0 Å². The Morgan fingerprint density at radius 3 is 2.46 bits per heavy atom. The fourth-order valence-electron chi connectivity index (χ4n) is 1.46. The fourth-order valence-corrected chi connectivity index (χ4v) is 1.46. The van der Waals surface area contributed by atoms with E-state index in [1.165, 1.54) is 12.8 Å². The Bertz CT molecular complexity index is 189. The van der Waals surface area contributed by atoms with Crippen LogP contribution in [0.15, 0.2) is 0 Å².